The highest BCUT2D eigenvalue weighted by atomic mass is 16.5. The minimum atomic E-state index is -0.372. The van der Waals surface area contributed by atoms with Crippen LogP contribution in [0.3, 0.4) is 0 Å². The number of benzene rings is 1. The van der Waals surface area contributed by atoms with Crippen LogP contribution in [0.5, 0.6) is 0 Å². The fourth-order valence-corrected chi connectivity index (χ4v) is 3.35. The number of unbranched alkanes of at least 4 members (excludes halogenated alkanes) is 7. The van der Waals surface area contributed by atoms with Crippen molar-refractivity contribution < 1.29 is 14.4 Å². The van der Waals surface area contributed by atoms with Crippen molar-refractivity contribution in [1.82, 2.24) is 5.06 Å². The number of carbonyl (C=O) groups excluding carboxylic acids is 1. The third kappa shape index (κ3) is 5.87. The number of furan rings is 1. The first-order valence-electron chi connectivity index (χ1n) is 10.0. The monoisotopic (exact) mass is 359 g/mol. The van der Waals surface area contributed by atoms with Crippen molar-refractivity contribution in [3.63, 3.8) is 0 Å². The number of hydroxylamine groups is 2. The van der Waals surface area contributed by atoms with Gasteiger partial charge in [-0.15, -0.1) is 0 Å². The van der Waals surface area contributed by atoms with Gasteiger partial charge in [0.05, 0.1) is 6.04 Å². The van der Waals surface area contributed by atoms with E-state index >= 15 is 0 Å². The molecular weight excluding hydrogens is 326 g/mol. The number of amides is 1. The Bertz CT molecular complexity index is 692. The van der Waals surface area contributed by atoms with E-state index in [-0.39, 0.29) is 11.9 Å². The maximum absolute atomic E-state index is 11.3. The van der Waals surface area contributed by atoms with E-state index < -0.39 is 0 Å². The van der Waals surface area contributed by atoms with Gasteiger partial charge in [-0.3, -0.25) is 10.0 Å². The molecule has 0 aliphatic rings. The molecule has 1 aromatic carbocycles. The Morgan fingerprint density at radius 2 is 1.73 bits per heavy atom. The summed E-state index contributed by atoms with van der Waals surface area (Å²) in [5.74, 6) is 0.656. The zero-order valence-electron chi connectivity index (χ0n) is 16.5. The smallest absolute Gasteiger partial charge is 0.243 e. The molecule has 1 atom stereocenters. The molecule has 26 heavy (non-hydrogen) atoms. The van der Waals surface area contributed by atoms with Gasteiger partial charge in [0.15, 0.2) is 0 Å². The van der Waals surface area contributed by atoms with Gasteiger partial charge in [-0.25, -0.2) is 5.06 Å². The van der Waals surface area contributed by atoms with E-state index in [2.05, 4.69) is 13.0 Å². The number of hydrogen-bond donors (Lipinski definition) is 1. The SMILES string of the molecule is CCCCCCCCCCc1cc2cc(C(C)N(O)C(C)=O)ccc2o1. The molecule has 0 spiro atoms. The molecule has 4 nitrogen and oxygen atoms in total. The third-order valence-electron chi connectivity index (χ3n) is 5.04. The van der Waals surface area contributed by atoms with Gasteiger partial charge < -0.3 is 4.42 Å². The molecule has 0 radical (unpaired) electrons. The second-order valence-electron chi connectivity index (χ2n) is 7.27. The van der Waals surface area contributed by atoms with E-state index in [0.717, 1.165) is 40.2 Å². The summed E-state index contributed by atoms with van der Waals surface area (Å²) in [6, 6.07) is 7.53. The van der Waals surface area contributed by atoms with Gasteiger partial charge in [-0.2, -0.15) is 0 Å². The molecular formula is C22H33NO3. The summed E-state index contributed by atoms with van der Waals surface area (Å²) in [7, 11) is 0. The molecule has 1 aromatic heterocycles. The largest absolute Gasteiger partial charge is 0.461 e. The van der Waals surface area contributed by atoms with Gasteiger partial charge in [-0.05, 0) is 37.1 Å². The molecule has 0 saturated heterocycles. The highest BCUT2D eigenvalue weighted by Gasteiger charge is 2.17. The van der Waals surface area contributed by atoms with Crippen LogP contribution in [0.2, 0.25) is 0 Å². The Morgan fingerprint density at radius 3 is 2.38 bits per heavy atom. The molecule has 1 amide bonds. The van der Waals surface area contributed by atoms with Crippen molar-refractivity contribution >= 4 is 16.9 Å². The molecule has 1 N–H and O–H groups in total. The summed E-state index contributed by atoms with van der Waals surface area (Å²) < 4.78 is 5.93. The van der Waals surface area contributed by atoms with Crippen LogP contribution in [0.25, 0.3) is 11.0 Å². The highest BCUT2D eigenvalue weighted by molar-refractivity contribution is 5.79. The zero-order chi connectivity index (χ0) is 18.9. The summed E-state index contributed by atoms with van der Waals surface area (Å²) >= 11 is 0. The van der Waals surface area contributed by atoms with Crippen molar-refractivity contribution in [3.05, 3.63) is 35.6 Å². The van der Waals surface area contributed by atoms with Crippen LogP contribution in [-0.4, -0.2) is 16.2 Å². The maximum Gasteiger partial charge on any atom is 0.243 e. The lowest BCUT2D eigenvalue weighted by molar-refractivity contribution is -0.172. The third-order valence-corrected chi connectivity index (χ3v) is 5.04. The van der Waals surface area contributed by atoms with Crippen LogP contribution in [-0.2, 0) is 11.2 Å². The first kappa shape index (κ1) is 20.5. The molecule has 144 valence electrons. The van der Waals surface area contributed by atoms with Gasteiger partial charge in [0.1, 0.15) is 11.3 Å². The summed E-state index contributed by atoms with van der Waals surface area (Å²) in [4.78, 5) is 11.3. The van der Waals surface area contributed by atoms with E-state index in [1.54, 1.807) is 0 Å². The predicted octanol–water partition coefficient (Wildman–Crippen LogP) is 6.41. The molecule has 0 fully saturated rings. The van der Waals surface area contributed by atoms with Crippen molar-refractivity contribution in [3.8, 4) is 0 Å². The Labute approximate surface area is 157 Å². The predicted molar refractivity (Wildman–Crippen MR) is 105 cm³/mol. The number of aryl methyl sites for hydroxylation is 1. The molecule has 0 bridgehead atoms. The van der Waals surface area contributed by atoms with E-state index in [4.69, 9.17) is 4.42 Å². The minimum absolute atomic E-state index is 0.361. The number of fused-ring (bicyclic) bond motifs is 1. The standard InChI is InChI=1S/C22H33NO3/c1-4-5-6-7-8-9-10-11-12-21-16-20-15-19(13-14-22(20)26-21)17(2)23(25)18(3)24/h13-17,25H,4-12H2,1-3H3. The minimum Gasteiger partial charge on any atom is -0.461 e. The normalized spacial score (nSPS) is 12.5. The van der Waals surface area contributed by atoms with Gasteiger partial charge in [-0.1, -0.05) is 57.9 Å². The summed E-state index contributed by atoms with van der Waals surface area (Å²) in [6.45, 7) is 5.42. The van der Waals surface area contributed by atoms with Crippen LogP contribution in [0.15, 0.2) is 28.7 Å². The average molecular weight is 360 g/mol. The average Bonchev–Trinajstić information content (AvgIpc) is 3.04. The van der Waals surface area contributed by atoms with Crippen LogP contribution in [0.1, 0.15) is 89.5 Å². The molecule has 0 aliphatic heterocycles. The van der Waals surface area contributed by atoms with Crippen LogP contribution in [0.4, 0.5) is 0 Å². The molecule has 0 saturated carbocycles. The summed E-state index contributed by atoms with van der Waals surface area (Å²) in [5.41, 5.74) is 1.76. The Kier molecular flexibility index (Phi) is 8.17. The highest BCUT2D eigenvalue weighted by Crippen LogP contribution is 2.26. The van der Waals surface area contributed by atoms with E-state index in [1.807, 2.05) is 25.1 Å². The quantitative estimate of drug-likeness (QED) is 0.286. The van der Waals surface area contributed by atoms with E-state index in [1.165, 1.54) is 51.9 Å². The molecule has 2 rings (SSSR count). The fourth-order valence-electron chi connectivity index (χ4n) is 3.35. The van der Waals surface area contributed by atoms with E-state index in [0.29, 0.717) is 0 Å². The number of carbonyl (C=O) groups is 1. The molecule has 4 heteroatoms. The van der Waals surface area contributed by atoms with Crippen molar-refractivity contribution in [2.24, 2.45) is 0 Å². The van der Waals surface area contributed by atoms with Gasteiger partial charge in [0.25, 0.3) is 0 Å². The van der Waals surface area contributed by atoms with Gasteiger partial charge >= 0.3 is 0 Å². The maximum atomic E-state index is 11.3. The van der Waals surface area contributed by atoms with Crippen molar-refractivity contribution in [1.29, 1.82) is 0 Å². The van der Waals surface area contributed by atoms with Crippen LogP contribution >= 0.6 is 0 Å². The lowest BCUT2D eigenvalue weighted by Gasteiger charge is -2.21. The number of hydrogen-bond acceptors (Lipinski definition) is 3. The molecule has 2 aromatic rings. The van der Waals surface area contributed by atoms with Crippen molar-refractivity contribution in [2.45, 2.75) is 84.6 Å². The summed E-state index contributed by atoms with van der Waals surface area (Å²) in [6.07, 6.45) is 11.4. The Balaban J connectivity index is 1.84. The Hall–Kier alpha value is -1.81. The Morgan fingerprint density at radius 1 is 1.08 bits per heavy atom. The second-order valence-corrected chi connectivity index (χ2v) is 7.27. The fraction of sp³-hybridized carbons (Fsp3) is 0.591. The van der Waals surface area contributed by atoms with Crippen LogP contribution < -0.4 is 0 Å². The second kappa shape index (κ2) is 10.4. The first-order valence-corrected chi connectivity index (χ1v) is 10.0. The first-order chi connectivity index (χ1) is 12.5. The van der Waals surface area contributed by atoms with E-state index in [9.17, 15) is 10.0 Å². The lowest BCUT2D eigenvalue weighted by atomic mass is 10.1. The van der Waals surface area contributed by atoms with Crippen molar-refractivity contribution in [2.75, 3.05) is 0 Å². The number of nitrogens with zero attached hydrogens (tertiary/aromatic N) is 1. The topological polar surface area (TPSA) is 53.7 Å². The zero-order valence-corrected chi connectivity index (χ0v) is 16.5. The molecule has 1 unspecified atom stereocenters. The van der Waals surface area contributed by atoms with Crippen LogP contribution in [0, 0.1) is 0 Å². The lowest BCUT2D eigenvalue weighted by Crippen LogP contribution is -2.27. The summed E-state index contributed by atoms with van der Waals surface area (Å²) in [5, 5.41) is 11.6. The number of rotatable bonds is 11. The van der Waals surface area contributed by atoms with Gasteiger partial charge in [0.2, 0.25) is 5.91 Å². The molecule has 1 heterocycles. The van der Waals surface area contributed by atoms with Gasteiger partial charge in [0, 0.05) is 18.7 Å². The molecule has 0 aliphatic carbocycles.